The molecule has 0 fully saturated rings. The molecule has 0 bridgehead atoms. The van der Waals surface area contributed by atoms with Crippen LogP contribution < -0.4 is 5.32 Å². The van der Waals surface area contributed by atoms with E-state index in [2.05, 4.69) is 5.32 Å². The number of nitrogens with one attached hydrogen (secondary N) is 1. The molecule has 21 heavy (non-hydrogen) atoms. The van der Waals surface area contributed by atoms with Crippen molar-refractivity contribution < 1.29 is 27.4 Å². The molecule has 1 atom stereocenters. The third-order valence-corrected chi connectivity index (χ3v) is 3.15. The minimum Gasteiger partial charge on any atom is -0.468 e. The maximum absolute atomic E-state index is 11.9. The summed E-state index contributed by atoms with van der Waals surface area (Å²) >= 11 is 0. The van der Waals surface area contributed by atoms with E-state index in [0.717, 1.165) is 6.42 Å². The van der Waals surface area contributed by atoms with Crippen LogP contribution in [-0.4, -0.2) is 44.6 Å². The van der Waals surface area contributed by atoms with Crippen molar-refractivity contribution in [3.8, 4) is 0 Å². The second-order valence-electron chi connectivity index (χ2n) is 5.19. The highest BCUT2D eigenvalue weighted by Crippen LogP contribution is 2.19. The van der Waals surface area contributed by atoms with Gasteiger partial charge in [-0.05, 0) is 39.2 Å². The molecule has 0 amide bonds. The van der Waals surface area contributed by atoms with E-state index in [4.69, 9.17) is 9.47 Å². The van der Waals surface area contributed by atoms with Crippen LogP contribution in [0.3, 0.4) is 0 Å². The van der Waals surface area contributed by atoms with Gasteiger partial charge >= 0.3 is 12.1 Å². The molecule has 0 aliphatic carbocycles. The van der Waals surface area contributed by atoms with Crippen molar-refractivity contribution in [2.24, 2.45) is 0 Å². The smallest absolute Gasteiger partial charge is 0.391 e. The fourth-order valence-electron chi connectivity index (χ4n) is 1.86. The quantitative estimate of drug-likeness (QED) is 0.470. The zero-order valence-corrected chi connectivity index (χ0v) is 13.0. The van der Waals surface area contributed by atoms with Gasteiger partial charge in [-0.3, -0.25) is 4.79 Å². The van der Waals surface area contributed by atoms with Crippen LogP contribution >= 0.6 is 0 Å². The first-order valence-corrected chi connectivity index (χ1v) is 7.23. The monoisotopic (exact) mass is 313 g/mol. The van der Waals surface area contributed by atoms with Gasteiger partial charge in [0.15, 0.2) is 0 Å². The van der Waals surface area contributed by atoms with Crippen LogP contribution in [0.5, 0.6) is 0 Å². The van der Waals surface area contributed by atoms with E-state index in [0.29, 0.717) is 25.8 Å². The second-order valence-corrected chi connectivity index (χ2v) is 5.19. The fourth-order valence-corrected chi connectivity index (χ4v) is 1.86. The molecule has 1 N–H and O–H groups in total. The van der Waals surface area contributed by atoms with Gasteiger partial charge < -0.3 is 14.8 Å². The average molecular weight is 313 g/mol. The molecule has 0 rings (SSSR count). The molecule has 4 nitrogen and oxygen atoms in total. The summed E-state index contributed by atoms with van der Waals surface area (Å²) in [6.45, 7) is 4.43. The summed E-state index contributed by atoms with van der Waals surface area (Å²) in [5.41, 5.74) is -0.753. The van der Waals surface area contributed by atoms with Crippen LogP contribution in [0.25, 0.3) is 0 Å². The second kappa shape index (κ2) is 10.00. The maximum atomic E-state index is 11.9. The van der Waals surface area contributed by atoms with E-state index in [1.165, 1.54) is 7.11 Å². The van der Waals surface area contributed by atoms with Crippen LogP contribution in [0, 0.1) is 0 Å². The van der Waals surface area contributed by atoms with Crippen LogP contribution in [0.1, 0.15) is 46.0 Å². The summed E-state index contributed by atoms with van der Waals surface area (Å²) < 4.78 is 45.4. The lowest BCUT2D eigenvalue weighted by Gasteiger charge is -2.28. The Morgan fingerprint density at radius 3 is 2.33 bits per heavy atom. The minimum atomic E-state index is -4.17. The Balaban J connectivity index is 3.91. The summed E-state index contributed by atoms with van der Waals surface area (Å²) in [6.07, 6.45) is -2.36. The van der Waals surface area contributed by atoms with Gasteiger partial charge in [-0.25, -0.2) is 0 Å². The van der Waals surface area contributed by atoms with Gasteiger partial charge in [-0.2, -0.15) is 13.2 Å². The molecule has 126 valence electrons. The Bertz CT molecular complexity index is 298. The van der Waals surface area contributed by atoms with E-state index < -0.39 is 18.1 Å². The van der Waals surface area contributed by atoms with Crippen molar-refractivity contribution in [1.29, 1.82) is 0 Å². The molecular weight excluding hydrogens is 287 g/mol. The van der Waals surface area contributed by atoms with Gasteiger partial charge in [0.25, 0.3) is 0 Å². The van der Waals surface area contributed by atoms with E-state index >= 15 is 0 Å². The summed E-state index contributed by atoms with van der Waals surface area (Å²) in [4.78, 5) is 11.8. The molecular formula is C14H26F3NO3. The molecule has 0 spiro atoms. The third-order valence-electron chi connectivity index (χ3n) is 3.15. The van der Waals surface area contributed by atoms with Gasteiger partial charge in [0.1, 0.15) is 5.54 Å². The first-order valence-electron chi connectivity index (χ1n) is 7.23. The Morgan fingerprint density at radius 1 is 1.14 bits per heavy atom. The number of ether oxygens (including phenoxy) is 2. The van der Waals surface area contributed by atoms with Gasteiger partial charge in [0.2, 0.25) is 0 Å². The molecule has 7 heteroatoms. The highest BCUT2D eigenvalue weighted by molar-refractivity contribution is 5.80. The number of alkyl halides is 3. The van der Waals surface area contributed by atoms with Crippen LogP contribution in [-0.2, 0) is 14.3 Å². The predicted molar refractivity (Wildman–Crippen MR) is 74.1 cm³/mol. The first kappa shape index (κ1) is 20.2. The zero-order chi connectivity index (χ0) is 16.4. The van der Waals surface area contributed by atoms with Crippen LogP contribution in [0.4, 0.5) is 13.2 Å². The topological polar surface area (TPSA) is 47.6 Å². The number of unbranched alkanes of at least 4 members (excludes halogenated alkanes) is 1. The molecule has 0 aliphatic heterocycles. The van der Waals surface area contributed by atoms with Gasteiger partial charge in [0, 0.05) is 6.61 Å². The Labute approximate surface area is 124 Å². The van der Waals surface area contributed by atoms with E-state index in [1.807, 2.05) is 6.92 Å². The number of rotatable bonds is 11. The SMILES string of the molecule is CCCNC(C)(CCCCOCCC(F)(F)F)C(=O)OC. The summed E-state index contributed by atoms with van der Waals surface area (Å²) in [7, 11) is 1.34. The standard InChI is InChI=1S/C14H26F3NO3/c1-4-9-18-13(2,12(19)20-3)7-5-6-10-21-11-8-14(15,16)17/h18H,4-11H2,1-3H3. The van der Waals surface area contributed by atoms with Crippen molar-refractivity contribution in [2.75, 3.05) is 26.9 Å². The Kier molecular flexibility index (Phi) is 9.61. The third kappa shape index (κ3) is 9.68. The van der Waals surface area contributed by atoms with Crippen molar-refractivity contribution in [3.05, 3.63) is 0 Å². The number of carbonyl (C=O) groups excluding carboxylic acids is 1. The summed E-state index contributed by atoms with van der Waals surface area (Å²) in [6, 6.07) is 0. The largest absolute Gasteiger partial charge is 0.468 e. The predicted octanol–water partition coefficient (Wildman–Crippen LogP) is 3.06. The van der Waals surface area contributed by atoms with E-state index in [9.17, 15) is 18.0 Å². The minimum absolute atomic E-state index is 0.265. The molecule has 0 aliphatic rings. The first-order chi connectivity index (χ1) is 9.75. The molecule has 1 unspecified atom stereocenters. The lowest BCUT2D eigenvalue weighted by Crippen LogP contribution is -2.50. The van der Waals surface area contributed by atoms with Crippen LogP contribution in [0.2, 0.25) is 0 Å². The molecule has 0 aromatic heterocycles. The van der Waals surface area contributed by atoms with Crippen LogP contribution in [0.15, 0.2) is 0 Å². The van der Waals surface area contributed by atoms with Crippen molar-refractivity contribution in [2.45, 2.75) is 57.7 Å². The highest BCUT2D eigenvalue weighted by atomic mass is 19.4. The number of carbonyl (C=O) groups is 1. The van der Waals surface area contributed by atoms with Gasteiger partial charge in [-0.15, -0.1) is 0 Å². The summed E-state index contributed by atoms with van der Waals surface area (Å²) in [5.74, 6) is -0.325. The molecule has 0 aromatic rings. The zero-order valence-electron chi connectivity index (χ0n) is 13.0. The molecule has 0 heterocycles. The number of hydrogen-bond acceptors (Lipinski definition) is 4. The molecule has 0 aromatic carbocycles. The average Bonchev–Trinajstić information content (AvgIpc) is 2.42. The molecule has 0 saturated carbocycles. The van der Waals surface area contributed by atoms with E-state index in [1.54, 1.807) is 6.92 Å². The van der Waals surface area contributed by atoms with Gasteiger partial charge in [-0.1, -0.05) is 6.92 Å². The Hall–Kier alpha value is -0.820. The lowest BCUT2D eigenvalue weighted by molar-refractivity contribution is -0.149. The van der Waals surface area contributed by atoms with Crippen molar-refractivity contribution in [1.82, 2.24) is 5.32 Å². The Morgan fingerprint density at radius 2 is 1.81 bits per heavy atom. The maximum Gasteiger partial charge on any atom is 0.391 e. The molecule has 0 saturated heterocycles. The number of esters is 1. The molecule has 0 radical (unpaired) electrons. The summed E-state index contributed by atoms with van der Waals surface area (Å²) in [5, 5.41) is 3.15. The van der Waals surface area contributed by atoms with E-state index in [-0.39, 0.29) is 19.2 Å². The normalized spacial score (nSPS) is 14.8. The number of hydrogen-bond donors (Lipinski definition) is 1. The number of halogens is 3. The van der Waals surface area contributed by atoms with Crippen molar-refractivity contribution in [3.63, 3.8) is 0 Å². The van der Waals surface area contributed by atoms with Crippen molar-refractivity contribution >= 4 is 5.97 Å². The number of methoxy groups -OCH3 is 1. The van der Waals surface area contributed by atoms with Gasteiger partial charge in [0.05, 0.1) is 20.1 Å². The highest BCUT2D eigenvalue weighted by Gasteiger charge is 2.32. The lowest BCUT2D eigenvalue weighted by atomic mass is 9.94. The fraction of sp³-hybridized carbons (Fsp3) is 0.929.